The molecule has 5 aromatic carbocycles. The summed E-state index contributed by atoms with van der Waals surface area (Å²) in [6, 6.07) is 47.0. The Morgan fingerprint density at radius 3 is 2.07 bits per heavy atom. The molecule has 202 valence electrons. The highest BCUT2D eigenvalue weighted by atomic mass is 16.3. The molecule has 4 heteroatoms. The zero-order valence-electron chi connectivity index (χ0n) is 23.2. The van der Waals surface area contributed by atoms with E-state index in [4.69, 9.17) is 9.97 Å². The van der Waals surface area contributed by atoms with Crippen LogP contribution in [0.3, 0.4) is 0 Å². The van der Waals surface area contributed by atoms with Gasteiger partial charge in [-0.15, -0.1) is 0 Å². The van der Waals surface area contributed by atoms with Gasteiger partial charge in [-0.05, 0) is 59.2 Å². The SMILES string of the molecule is CC(c1ccccc1)c1ccc(-c2cccc(-c3cccc4c3nc(-c3ccccc3O)n4-c3ccccc3)c2)nc1. The molecular formula is C38H29N3O. The number of phenolic OH excluding ortho intramolecular Hbond substituents is 1. The van der Waals surface area contributed by atoms with Crippen LogP contribution in [0.4, 0.5) is 0 Å². The Morgan fingerprint density at radius 2 is 1.31 bits per heavy atom. The topological polar surface area (TPSA) is 50.9 Å². The summed E-state index contributed by atoms with van der Waals surface area (Å²) in [6.07, 6.45) is 1.99. The number of benzene rings is 5. The highest BCUT2D eigenvalue weighted by molar-refractivity contribution is 5.96. The second-order valence-electron chi connectivity index (χ2n) is 10.5. The molecule has 7 aromatic rings. The average Bonchev–Trinajstić information content (AvgIpc) is 3.45. The number of rotatable bonds is 6. The maximum Gasteiger partial charge on any atom is 0.149 e. The zero-order chi connectivity index (χ0) is 28.5. The molecule has 0 aliphatic carbocycles. The summed E-state index contributed by atoms with van der Waals surface area (Å²) in [5, 5.41) is 10.8. The van der Waals surface area contributed by atoms with E-state index in [0.29, 0.717) is 11.4 Å². The fourth-order valence-corrected chi connectivity index (χ4v) is 5.63. The molecule has 0 saturated heterocycles. The van der Waals surface area contributed by atoms with Crippen LogP contribution in [0.1, 0.15) is 24.0 Å². The molecule has 2 aromatic heterocycles. The average molecular weight is 544 g/mol. The lowest BCUT2D eigenvalue weighted by Gasteiger charge is -2.13. The molecule has 1 atom stereocenters. The van der Waals surface area contributed by atoms with E-state index >= 15 is 0 Å². The third-order valence-electron chi connectivity index (χ3n) is 7.90. The largest absolute Gasteiger partial charge is 0.507 e. The molecule has 0 saturated carbocycles. The Morgan fingerprint density at radius 1 is 0.619 bits per heavy atom. The van der Waals surface area contributed by atoms with Crippen LogP contribution < -0.4 is 0 Å². The number of imidazole rings is 1. The molecular weight excluding hydrogens is 514 g/mol. The summed E-state index contributed by atoms with van der Waals surface area (Å²) in [7, 11) is 0. The van der Waals surface area contributed by atoms with Gasteiger partial charge in [-0.1, -0.05) is 104 Å². The lowest BCUT2D eigenvalue weighted by Crippen LogP contribution is -1.97. The first-order valence-electron chi connectivity index (χ1n) is 14.1. The molecule has 1 unspecified atom stereocenters. The van der Waals surface area contributed by atoms with Crippen LogP contribution in [0.15, 0.2) is 146 Å². The fourth-order valence-electron chi connectivity index (χ4n) is 5.63. The monoisotopic (exact) mass is 543 g/mol. The Kier molecular flexibility index (Phi) is 6.57. The normalized spacial score (nSPS) is 11.9. The Hall–Kier alpha value is -5.48. The van der Waals surface area contributed by atoms with Crippen LogP contribution in [0.2, 0.25) is 0 Å². The smallest absolute Gasteiger partial charge is 0.149 e. The van der Waals surface area contributed by atoms with Crippen molar-refractivity contribution in [1.82, 2.24) is 14.5 Å². The van der Waals surface area contributed by atoms with E-state index in [-0.39, 0.29) is 11.7 Å². The fraction of sp³-hybridized carbons (Fsp3) is 0.0526. The Labute approximate surface area is 245 Å². The number of nitrogens with zero attached hydrogens (tertiary/aromatic N) is 3. The molecule has 0 radical (unpaired) electrons. The summed E-state index contributed by atoms with van der Waals surface area (Å²) in [6.45, 7) is 2.21. The number of para-hydroxylation sites is 3. The predicted octanol–water partition coefficient (Wildman–Crippen LogP) is 9.28. The van der Waals surface area contributed by atoms with Crippen LogP contribution in [0, 0.1) is 0 Å². The van der Waals surface area contributed by atoms with Gasteiger partial charge < -0.3 is 5.11 Å². The maximum absolute atomic E-state index is 10.8. The number of hydrogen-bond donors (Lipinski definition) is 1. The van der Waals surface area contributed by atoms with Crippen molar-refractivity contribution < 1.29 is 5.11 Å². The maximum atomic E-state index is 10.8. The van der Waals surface area contributed by atoms with E-state index in [1.165, 1.54) is 11.1 Å². The van der Waals surface area contributed by atoms with Crippen molar-refractivity contribution in [1.29, 1.82) is 0 Å². The van der Waals surface area contributed by atoms with Gasteiger partial charge in [0.25, 0.3) is 0 Å². The standard InChI is InChI=1S/C38H29N3O/c1-26(27-12-4-2-5-13-27)30-22-23-34(39-25-30)29-15-10-14-28(24-29)32-19-11-20-35-37(32)40-38(33-18-8-9-21-36(33)42)41(35)31-16-6-3-7-17-31/h2-26,42H,1H3. The van der Waals surface area contributed by atoms with Crippen LogP contribution >= 0.6 is 0 Å². The van der Waals surface area contributed by atoms with Crippen LogP contribution in [0.5, 0.6) is 5.75 Å². The van der Waals surface area contributed by atoms with Crippen molar-refractivity contribution >= 4 is 11.0 Å². The molecule has 0 spiro atoms. The van der Waals surface area contributed by atoms with Gasteiger partial charge in [0, 0.05) is 28.9 Å². The van der Waals surface area contributed by atoms with E-state index in [9.17, 15) is 5.11 Å². The van der Waals surface area contributed by atoms with Crippen LogP contribution in [0.25, 0.3) is 50.5 Å². The molecule has 0 amide bonds. The van der Waals surface area contributed by atoms with Crippen molar-refractivity contribution in [3.63, 3.8) is 0 Å². The third kappa shape index (κ3) is 4.63. The van der Waals surface area contributed by atoms with Crippen molar-refractivity contribution in [3.05, 3.63) is 157 Å². The first-order chi connectivity index (χ1) is 20.7. The van der Waals surface area contributed by atoms with Gasteiger partial charge in [-0.3, -0.25) is 9.55 Å². The molecule has 2 heterocycles. The van der Waals surface area contributed by atoms with Gasteiger partial charge in [0.1, 0.15) is 11.6 Å². The first-order valence-corrected chi connectivity index (χ1v) is 14.1. The van der Waals surface area contributed by atoms with E-state index < -0.39 is 0 Å². The molecule has 4 nitrogen and oxygen atoms in total. The van der Waals surface area contributed by atoms with Crippen LogP contribution in [-0.4, -0.2) is 19.6 Å². The number of pyridine rings is 1. The zero-order valence-corrected chi connectivity index (χ0v) is 23.2. The molecule has 0 aliphatic rings. The second kappa shape index (κ2) is 10.8. The van der Waals surface area contributed by atoms with Gasteiger partial charge in [0.15, 0.2) is 0 Å². The van der Waals surface area contributed by atoms with E-state index in [0.717, 1.165) is 39.1 Å². The Balaban J connectivity index is 1.32. The Bertz CT molecular complexity index is 1990. The van der Waals surface area contributed by atoms with E-state index in [2.05, 4.69) is 102 Å². The van der Waals surface area contributed by atoms with Gasteiger partial charge in [-0.25, -0.2) is 4.98 Å². The van der Waals surface area contributed by atoms with E-state index in [1.54, 1.807) is 6.07 Å². The minimum Gasteiger partial charge on any atom is -0.507 e. The molecule has 1 N–H and O–H groups in total. The van der Waals surface area contributed by atoms with Crippen molar-refractivity contribution in [3.8, 4) is 45.2 Å². The highest BCUT2D eigenvalue weighted by Gasteiger charge is 2.19. The second-order valence-corrected chi connectivity index (χ2v) is 10.5. The highest BCUT2D eigenvalue weighted by Crippen LogP contribution is 2.37. The minimum atomic E-state index is 0.199. The van der Waals surface area contributed by atoms with E-state index in [1.807, 2.05) is 48.7 Å². The summed E-state index contributed by atoms with van der Waals surface area (Å²) in [5.74, 6) is 1.17. The summed E-state index contributed by atoms with van der Waals surface area (Å²) >= 11 is 0. The number of aromatic hydroxyl groups is 1. The first kappa shape index (κ1) is 25.5. The van der Waals surface area contributed by atoms with Gasteiger partial charge in [0.2, 0.25) is 0 Å². The summed E-state index contributed by atoms with van der Waals surface area (Å²) in [4.78, 5) is 10.00. The quantitative estimate of drug-likeness (QED) is 0.227. The molecule has 0 aliphatic heterocycles. The molecule has 0 fully saturated rings. The van der Waals surface area contributed by atoms with Gasteiger partial charge in [0.05, 0.1) is 22.3 Å². The summed E-state index contributed by atoms with van der Waals surface area (Å²) < 4.78 is 2.12. The molecule has 7 rings (SSSR count). The summed E-state index contributed by atoms with van der Waals surface area (Å²) in [5.41, 5.74) is 10.0. The lowest BCUT2D eigenvalue weighted by atomic mass is 9.94. The number of hydrogen-bond acceptors (Lipinski definition) is 3. The third-order valence-corrected chi connectivity index (χ3v) is 7.90. The van der Waals surface area contributed by atoms with Crippen molar-refractivity contribution in [2.45, 2.75) is 12.8 Å². The van der Waals surface area contributed by atoms with Crippen molar-refractivity contribution in [2.75, 3.05) is 0 Å². The van der Waals surface area contributed by atoms with Crippen molar-refractivity contribution in [2.24, 2.45) is 0 Å². The molecule has 42 heavy (non-hydrogen) atoms. The molecule has 0 bridgehead atoms. The van der Waals surface area contributed by atoms with Gasteiger partial charge >= 0.3 is 0 Å². The minimum absolute atomic E-state index is 0.199. The van der Waals surface area contributed by atoms with Crippen LogP contribution in [-0.2, 0) is 0 Å². The van der Waals surface area contributed by atoms with Gasteiger partial charge in [-0.2, -0.15) is 0 Å². The lowest BCUT2D eigenvalue weighted by molar-refractivity contribution is 0.477. The predicted molar refractivity (Wildman–Crippen MR) is 171 cm³/mol. The number of fused-ring (bicyclic) bond motifs is 1. The number of aromatic nitrogens is 3. The number of phenols is 1.